The van der Waals surface area contributed by atoms with Crippen LogP contribution in [0.5, 0.6) is 5.75 Å². The highest BCUT2D eigenvalue weighted by atomic mass is 16.5. The van der Waals surface area contributed by atoms with Crippen LogP contribution in [0.25, 0.3) is 5.69 Å². The van der Waals surface area contributed by atoms with E-state index in [1.54, 1.807) is 6.20 Å². The molecule has 2 heterocycles. The quantitative estimate of drug-likeness (QED) is 0.750. The van der Waals surface area contributed by atoms with E-state index in [0.29, 0.717) is 6.54 Å². The second-order valence-corrected chi connectivity index (χ2v) is 5.84. The van der Waals surface area contributed by atoms with Gasteiger partial charge >= 0.3 is 5.97 Å². The minimum Gasteiger partial charge on any atom is -0.493 e. The van der Waals surface area contributed by atoms with E-state index < -0.39 is 5.97 Å². The molecule has 2 aromatic rings. The summed E-state index contributed by atoms with van der Waals surface area (Å²) in [5.41, 5.74) is 0.794. The molecule has 1 fully saturated rings. The van der Waals surface area contributed by atoms with Crippen LogP contribution in [-0.4, -0.2) is 54.6 Å². The summed E-state index contributed by atoms with van der Waals surface area (Å²) < 4.78 is 17.2. The molecule has 1 atom stereocenters. The molecule has 0 radical (unpaired) electrons. The van der Waals surface area contributed by atoms with Crippen LogP contribution in [0.3, 0.4) is 0 Å². The topological polar surface area (TPSA) is 91.7 Å². The van der Waals surface area contributed by atoms with Crippen molar-refractivity contribution in [3.8, 4) is 11.4 Å². The fourth-order valence-electron chi connectivity index (χ4n) is 2.65. The summed E-state index contributed by atoms with van der Waals surface area (Å²) in [6, 6.07) is 9.30. The van der Waals surface area contributed by atoms with Crippen LogP contribution >= 0.6 is 0 Å². The lowest BCUT2D eigenvalue weighted by molar-refractivity contribution is -0.124. The molecule has 0 saturated carbocycles. The van der Waals surface area contributed by atoms with Gasteiger partial charge < -0.3 is 19.5 Å². The molecular formula is C18H21N3O5. The van der Waals surface area contributed by atoms with Crippen molar-refractivity contribution in [2.75, 3.05) is 26.9 Å². The third-order valence-electron chi connectivity index (χ3n) is 4.00. The maximum Gasteiger partial charge on any atom is 0.363 e. The molecular weight excluding hydrogens is 338 g/mol. The highest BCUT2D eigenvalue weighted by Gasteiger charge is 2.21. The number of carbonyl (C=O) groups excluding carboxylic acids is 2. The molecule has 1 N–H and O–H groups in total. The summed E-state index contributed by atoms with van der Waals surface area (Å²) in [5.74, 6) is -0.822. The Bertz CT molecular complexity index is 753. The van der Waals surface area contributed by atoms with Crippen LogP contribution in [0.2, 0.25) is 0 Å². The lowest BCUT2D eigenvalue weighted by Gasteiger charge is -2.10. The van der Waals surface area contributed by atoms with Crippen LogP contribution in [0.1, 0.15) is 23.3 Å². The highest BCUT2D eigenvalue weighted by molar-refractivity contribution is 5.92. The average molecular weight is 359 g/mol. The second-order valence-electron chi connectivity index (χ2n) is 5.84. The van der Waals surface area contributed by atoms with Gasteiger partial charge in [-0.1, -0.05) is 18.2 Å². The zero-order chi connectivity index (χ0) is 18.4. The molecule has 1 aliphatic rings. The Morgan fingerprint density at radius 1 is 1.35 bits per heavy atom. The first-order chi connectivity index (χ1) is 12.7. The van der Waals surface area contributed by atoms with Gasteiger partial charge in [0.05, 0.1) is 25.1 Å². The predicted molar refractivity (Wildman–Crippen MR) is 92.4 cm³/mol. The first-order valence-corrected chi connectivity index (χ1v) is 8.42. The number of aromatic nitrogens is 2. The molecule has 1 aromatic carbocycles. The molecule has 8 heteroatoms. The molecule has 0 spiro atoms. The minimum absolute atomic E-state index is 0.0169. The number of nitrogens with zero attached hydrogens (tertiary/aromatic N) is 2. The van der Waals surface area contributed by atoms with E-state index in [1.165, 1.54) is 11.8 Å². The molecule has 3 rings (SSSR count). The molecule has 26 heavy (non-hydrogen) atoms. The van der Waals surface area contributed by atoms with Gasteiger partial charge in [0.15, 0.2) is 12.4 Å². The Balaban J connectivity index is 1.57. The maximum absolute atomic E-state index is 12.3. The lowest BCUT2D eigenvalue weighted by Crippen LogP contribution is -2.34. The number of amides is 1. The van der Waals surface area contributed by atoms with E-state index in [9.17, 15) is 9.59 Å². The number of hydrogen-bond acceptors (Lipinski definition) is 6. The Kier molecular flexibility index (Phi) is 5.85. The van der Waals surface area contributed by atoms with Gasteiger partial charge in [-0.25, -0.2) is 9.48 Å². The van der Waals surface area contributed by atoms with E-state index in [4.69, 9.17) is 14.2 Å². The summed E-state index contributed by atoms with van der Waals surface area (Å²) >= 11 is 0. The van der Waals surface area contributed by atoms with Crippen molar-refractivity contribution in [1.82, 2.24) is 15.1 Å². The highest BCUT2D eigenvalue weighted by Crippen LogP contribution is 2.20. The van der Waals surface area contributed by atoms with Crippen LogP contribution in [0, 0.1) is 0 Å². The van der Waals surface area contributed by atoms with E-state index in [-0.39, 0.29) is 30.1 Å². The molecule has 138 valence electrons. The normalized spacial score (nSPS) is 16.3. The molecule has 1 aromatic heterocycles. The van der Waals surface area contributed by atoms with Crippen molar-refractivity contribution in [3.63, 3.8) is 0 Å². The second kappa shape index (κ2) is 8.48. The molecule has 1 saturated heterocycles. The van der Waals surface area contributed by atoms with Gasteiger partial charge in [0, 0.05) is 13.2 Å². The first-order valence-electron chi connectivity index (χ1n) is 8.42. The number of nitrogens with one attached hydrogen (secondary N) is 1. The van der Waals surface area contributed by atoms with Gasteiger partial charge in [-0.05, 0) is 25.0 Å². The molecule has 1 amide bonds. The van der Waals surface area contributed by atoms with Gasteiger partial charge in [0.25, 0.3) is 5.91 Å². The van der Waals surface area contributed by atoms with Crippen LogP contribution in [0.15, 0.2) is 36.5 Å². The summed E-state index contributed by atoms with van der Waals surface area (Å²) in [4.78, 5) is 24.1. The monoisotopic (exact) mass is 359 g/mol. The zero-order valence-corrected chi connectivity index (χ0v) is 14.5. The number of para-hydroxylation sites is 1. The third-order valence-corrected chi connectivity index (χ3v) is 4.00. The SMILES string of the molecule is COc1cn(-c2ccccc2)nc1C(=O)OCC(=O)NC[C@H]1CCCO1. The van der Waals surface area contributed by atoms with Crippen molar-refractivity contribution in [2.45, 2.75) is 18.9 Å². The number of rotatable bonds is 7. The van der Waals surface area contributed by atoms with Gasteiger partial charge in [0.2, 0.25) is 5.69 Å². The zero-order valence-electron chi connectivity index (χ0n) is 14.5. The number of ether oxygens (including phenoxy) is 3. The fraction of sp³-hybridized carbons (Fsp3) is 0.389. The van der Waals surface area contributed by atoms with Crippen LogP contribution < -0.4 is 10.1 Å². The van der Waals surface area contributed by atoms with E-state index in [1.807, 2.05) is 30.3 Å². The van der Waals surface area contributed by atoms with Gasteiger partial charge in [0.1, 0.15) is 0 Å². The maximum atomic E-state index is 12.3. The number of esters is 1. The molecule has 8 nitrogen and oxygen atoms in total. The molecule has 0 unspecified atom stereocenters. The summed E-state index contributed by atoms with van der Waals surface area (Å²) in [5, 5.41) is 6.90. The fourth-order valence-corrected chi connectivity index (χ4v) is 2.65. The van der Waals surface area contributed by atoms with Crippen molar-refractivity contribution >= 4 is 11.9 Å². The smallest absolute Gasteiger partial charge is 0.363 e. The summed E-state index contributed by atoms with van der Waals surface area (Å²) in [6.07, 6.45) is 3.55. The number of benzene rings is 1. The number of methoxy groups -OCH3 is 1. The Hall–Kier alpha value is -2.87. The molecule has 1 aliphatic heterocycles. The van der Waals surface area contributed by atoms with Crippen molar-refractivity contribution in [2.24, 2.45) is 0 Å². The lowest BCUT2D eigenvalue weighted by atomic mass is 10.2. The van der Waals surface area contributed by atoms with Crippen molar-refractivity contribution in [1.29, 1.82) is 0 Å². The molecule has 0 bridgehead atoms. The number of hydrogen-bond donors (Lipinski definition) is 1. The van der Waals surface area contributed by atoms with E-state index >= 15 is 0 Å². The van der Waals surface area contributed by atoms with Crippen molar-refractivity contribution < 1.29 is 23.8 Å². The van der Waals surface area contributed by atoms with Gasteiger partial charge in [-0.3, -0.25) is 4.79 Å². The number of carbonyl (C=O) groups is 2. The van der Waals surface area contributed by atoms with E-state index in [2.05, 4.69) is 10.4 Å². The third kappa shape index (κ3) is 4.40. The summed E-state index contributed by atoms with van der Waals surface area (Å²) in [7, 11) is 1.44. The minimum atomic E-state index is -0.719. The largest absolute Gasteiger partial charge is 0.493 e. The Labute approximate surface area is 151 Å². The standard InChI is InChI=1S/C18H21N3O5/c1-24-15-11-21(13-6-3-2-4-7-13)20-17(15)18(23)26-12-16(22)19-10-14-8-5-9-25-14/h2-4,6-7,11,14H,5,8-10,12H2,1H3,(H,19,22)/t14-/m1/s1. The van der Waals surface area contributed by atoms with Crippen LogP contribution in [0.4, 0.5) is 0 Å². The van der Waals surface area contributed by atoms with Crippen LogP contribution in [-0.2, 0) is 14.3 Å². The molecule has 0 aliphatic carbocycles. The Morgan fingerprint density at radius 2 is 2.15 bits per heavy atom. The van der Waals surface area contributed by atoms with Gasteiger partial charge in [-0.2, -0.15) is 5.10 Å². The van der Waals surface area contributed by atoms with Gasteiger partial charge in [-0.15, -0.1) is 0 Å². The van der Waals surface area contributed by atoms with Crippen molar-refractivity contribution in [3.05, 3.63) is 42.2 Å². The van der Waals surface area contributed by atoms with E-state index in [0.717, 1.165) is 25.1 Å². The summed E-state index contributed by atoms with van der Waals surface area (Å²) in [6.45, 7) is 0.759. The predicted octanol–water partition coefficient (Wildman–Crippen LogP) is 1.33. The first kappa shape index (κ1) is 17.9. The Morgan fingerprint density at radius 3 is 2.85 bits per heavy atom. The average Bonchev–Trinajstić information content (AvgIpc) is 3.34.